The largest absolute Gasteiger partial charge is 0.391 e. The number of nitrogens with one attached hydrogen (secondary N) is 1. The van der Waals surface area contributed by atoms with Gasteiger partial charge in [0.25, 0.3) is 0 Å². The predicted molar refractivity (Wildman–Crippen MR) is 93.3 cm³/mol. The summed E-state index contributed by atoms with van der Waals surface area (Å²) in [6, 6.07) is 9.87. The fourth-order valence-electron chi connectivity index (χ4n) is 3.07. The van der Waals surface area contributed by atoms with Crippen LogP contribution in [-0.4, -0.2) is 48.2 Å². The molecular weight excluding hydrogens is 288 g/mol. The molecule has 1 aliphatic heterocycles. The highest BCUT2D eigenvalue weighted by atomic mass is 16.3. The van der Waals surface area contributed by atoms with Crippen LogP contribution in [0.4, 0.5) is 0 Å². The van der Waals surface area contributed by atoms with E-state index in [1.165, 1.54) is 32.1 Å². The van der Waals surface area contributed by atoms with Crippen LogP contribution in [0.1, 0.15) is 44.1 Å². The molecule has 1 atom stereocenters. The van der Waals surface area contributed by atoms with E-state index in [0.29, 0.717) is 19.4 Å². The van der Waals surface area contributed by atoms with Gasteiger partial charge in [0.1, 0.15) is 0 Å². The molecule has 0 unspecified atom stereocenters. The minimum Gasteiger partial charge on any atom is -0.391 e. The Labute approximate surface area is 139 Å². The highest BCUT2D eigenvalue weighted by molar-refractivity contribution is 5.76. The predicted octanol–water partition coefficient (Wildman–Crippen LogP) is 2.36. The number of hydrogen-bond acceptors (Lipinski definition) is 3. The molecule has 1 fully saturated rings. The molecule has 1 aliphatic rings. The molecule has 1 saturated heterocycles. The summed E-state index contributed by atoms with van der Waals surface area (Å²) >= 11 is 0. The Hall–Kier alpha value is -1.39. The van der Waals surface area contributed by atoms with E-state index in [9.17, 15) is 9.90 Å². The molecule has 2 rings (SSSR count). The summed E-state index contributed by atoms with van der Waals surface area (Å²) in [6.07, 6.45) is 7.05. The first-order chi connectivity index (χ1) is 11.2. The van der Waals surface area contributed by atoms with Crippen molar-refractivity contribution in [2.75, 3.05) is 26.2 Å². The van der Waals surface area contributed by atoms with Crippen molar-refractivity contribution >= 4 is 5.91 Å². The summed E-state index contributed by atoms with van der Waals surface area (Å²) in [5, 5.41) is 12.9. The van der Waals surface area contributed by atoms with E-state index in [1.54, 1.807) is 0 Å². The van der Waals surface area contributed by atoms with Crippen LogP contribution in [-0.2, 0) is 11.2 Å². The van der Waals surface area contributed by atoms with Gasteiger partial charge in [0, 0.05) is 25.9 Å². The Balaban J connectivity index is 1.60. The number of benzene rings is 1. The van der Waals surface area contributed by atoms with Crippen LogP contribution in [0.15, 0.2) is 30.3 Å². The summed E-state index contributed by atoms with van der Waals surface area (Å²) in [5.74, 6) is 0.0409. The topological polar surface area (TPSA) is 52.6 Å². The standard InChI is InChI=1S/C19H30N2O2/c22-18(15-17-9-5-4-6-10-17)16-20-19(23)11-14-21-12-7-2-1-3-8-13-21/h4-6,9-10,18,22H,1-3,7-8,11-16H2,(H,20,23)/t18-/m1/s1. The first kappa shape index (κ1) is 18.0. The van der Waals surface area contributed by atoms with Gasteiger partial charge in [0.2, 0.25) is 5.91 Å². The minimum atomic E-state index is -0.525. The van der Waals surface area contributed by atoms with Crippen molar-refractivity contribution in [1.29, 1.82) is 0 Å². The lowest BCUT2D eigenvalue weighted by atomic mass is 10.1. The number of hydrogen-bond donors (Lipinski definition) is 2. The Bertz CT molecular complexity index is 442. The lowest BCUT2D eigenvalue weighted by molar-refractivity contribution is -0.121. The number of rotatable bonds is 7. The van der Waals surface area contributed by atoms with E-state index in [0.717, 1.165) is 25.2 Å². The van der Waals surface area contributed by atoms with Gasteiger partial charge in [-0.15, -0.1) is 0 Å². The molecule has 0 aliphatic carbocycles. The van der Waals surface area contributed by atoms with E-state index in [1.807, 2.05) is 30.3 Å². The second-order valence-corrected chi connectivity index (χ2v) is 6.51. The Kier molecular flexibility index (Phi) is 8.12. The molecule has 1 aromatic rings. The first-order valence-corrected chi connectivity index (χ1v) is 8.95. The van der Waals surface area contributed by atoms with Crippen molar-refractivity contribution in [3.05, 3.63) is 35.9 Å². The van der Waals surface area contributed by atoms with Crippen molar-refractivity contribution < 1.29 is 9.90 Å². The smallest absolute Gasteiger partial charge is 0.221 e. The van der Waals surface area contributed by atoms with E-state index in [-0.39, 0.29) is 5.91 Å². The van der Waals surface area contributed by atoms with Gasteiger partial charge < -0.3 is 15.3 Å². The summed E-state index contributed by atoms with van der Waals surface area (Å²) < 4.78 is 0. The number of aliphatic hydroxyl groups excluding tert-OH is 1. The summed E-state index contributed by atoms with van der Waals surface area (Å²) in [6.45, 7) is 3.39. The molecular formula is C19H30N2O2. The van der Waals surface area contributed by atoms with Gasteiger partial charge in [-0.25, -0.2) is 0 Å². The van der Waals surface area contributed by atoms with Crippen LogP contribution in [0.5, 0.6) is 0 Å². The second kappa shape index (κ2) is 10.4. The third-order valence-corrected chi connectivity index (χ3v) is 4.45. The molecule has 4 heteroatoms. The second-order valence-electron chi connectivity index (χ2n) is 6.51. The van der Waals surface area contributed by atoms with Crippen molar-refractivity contribution in [2.24, 2.45) is 0 Å². The van der Waals surface area contributed by atoms with Crippen LogP contribution < -0.4 is 5.32 Å². The molecule has 0 saturated carbocycles. The third kappa shape index (κ3) is 7.62. The quantitative estimate of drug-likeness (QED) is 0.811. The molecule has 1 heterocycles. The Morgan fingerprint density at radius 1 is 1.09 bits per heavy atom. The maximum atomic E-state index is 11.9. The molecule has 1 amide bonds. The van der Waals surface area contributed by atoms with Crippen molar-refractivity contribution in [3.8, 4) is 0 Å². The lowest BCUT2D eigenvalue weighted by Gasteiger charge is -2.24. The van der Waals surface area contributed by atoms with E-state index in [4.69, 9.17) is 0 Å². The summed E-state index contributed by atoms with van der Waals surface area (Å²) in [7, 11) is 0. The molecule has 0 aromatic heterocycles. The van der Waals surface area contributed by atoms with Crippen LogP contribution in [0.3, 0.4) is 0 Å². The highest BCUT2D eigenvalue weighted by Gasteiger charge is 2.11. The van der Waals surface area contributed by atoms with E-state index in [2.05, 4.69) is 10.2 Å². The number of likely N-dealkylation sites (tertiary alicyclic amines) is 1. The number of amides is 1. The Morgan fingerprint density at radius 2 is 1.74 bits per heavy atom. The van der Waals surface area contributed by atoms with Crippen molar-refractivity contribution in [1.82, 2.24) is 10.2 Å². The van der Waals surface area contributed by atoms with Gasteiger partial charge >= 0.3 is 0 Å². The van der Waals surface area contributed by atoms with Gasteiger partial charge in [0.15, 0.2) is 0 Å². The fourth-order valence-corrected chi connectivity index (χ4v) is 3.07. The zero-order chi connectivity index (χ0) is 16.3. The number of carbonyl (C=O) groups is 1. The zero-order valence-electron chi connectivity index (χ0n) is 14.0. The lowest BCUT2D eigenvalue weighted by Crippen LogP contribution is -2.36. The van der Waals surface area contributed by atoms with Crippen LogP contribution in [0.2, 0.25) is 0 Å². The third-order valence-electron chi connectivity index (χ3n) is 4.45. The molecule has 128 valence electrons. The molecule has 0 bridgehead atoms. The molecule has 0 spiro atoms. The molecule has 23 heavy (non-hydrogen) atoms. The number of aliphatic hydroxyl groups is 1. The van der Waals surface area contributed by atoms with Gasteiger partial charge in [-0.05, 0) is 31.5 Å². The monoisotopic (exact) mass is 318 g/mol. The van der Waals surface area contributed by atoms with Gasteiger partial charge in [-0.1, -0.05) is 49.6 Å². The minimum absolute atomic E-state index is 0.0409. The fraction of sp³-hybridized carbons (Fsp3) is 0.632. The molecule has 0 radical (unpaired) electrons. The number of carbonyl (C=O) groups excluding carboxylic acids is 1. The highest BCUT2D eigenvalue weighted by Crippen LogP contribution is 2.10. The average Bonchev–Trinajstić information content (AvgIpc) is 2.53. The molecule has 4 nitrogen and oxygen atoms in total. The van der Waals surface area contributed by atoms with Crippen molar-refractivity contribution in [3.63, 3.8) is 0 Å². The van der Waals surface area contributed by atoms with Gasteiger partial charge in [-0.2, -0.15) is 0 Å². The maximum absolute atomic E-state index is 11.9. The average molecular weight is 318 g/mol. The molecule has 1 aromatic carbocycles. The summed E-state index contributed by atoms with van der Waals surface area (Å²) in [4.78, 5) is 14.3. The maximum Gasteiger partial charge on any atom is 0.221 e. The zero-order valence-corrected chi connectivity index (χ0v) is 14.0. The van der Waals surface area contributed by atoms with Crippen LogP contribution in [0, 0.1) is 0 Å². The first-order valence-electron chi connectivity index (χ1n) is 8.95. The van der Waals surface area contributed by atoms with Crippen LogP contribution >= 0.6 is 0 Å². The van der Waals surface area contributed by atoms with Gasteiger partial charge in [-0.3, -0.25) is 4.79 Å². The van der Waals surface area contributed by atoms with E-state index < -0.39 is 6.10 Å². The molecule has 2 N–H and O–H groups in total. The Morgan fingerprint density at radius 3 is 2.43 bits per heavy atom. The number of nitrogens with zero attached hydrogens (tertiary/aromatic N) is 1. The van der Waals surface area contributed by atoms with Gasteiger partial charge in [0.05, 0.1) is 6.10 Å². The SMILES string of the molecule is O=C(CCN1CCCCCCC1)NC[C@H](O)Cc1ccccc1. The van der Waals surface area contributed by atoms with Crippen LogP contribution in [0.25, 0.3) is 0 Å². The summed E-state index contributed by atoms with van der Waals surface area (Å²) in [5.41, 5.74) is 1.09. The van der Waals surface area contributed by atoms with E-state index >= 15 is 0 Å². The van der Waals surface area contributed by atoms with Crippen molar-refractivity contribution in [2.45, 2.75) is 51.0 Å². The normalized spacial score (nSPS) is 18.0.